The van der Waals surface area contributed by atoms with E-state index in [1.54, 1.807) is 0 Å². The average Bonchev–Trinajstić information content (AvgIpc) is 3.96. The van der Waals surface area contributed by atoms with Gasteiger partial charge in [-0.25, -0.2) is 0 Å². The second kappa shape index (κ2) is 12.0. The molecule has 4 aromatic heterocycles. The molecule has 0 fully saturated rings. The molecule has 0 N–H and O–H groups in total. The first-order valence-electron chi connectivity index (χ1n) is 19.7. The summed E-state index contributed by atoms with van der Waals surface area (Å²) >= 11 is 3.64. The summed E-state index contributed by atoms with van der Waals surface area (Å²) in [4.78, 5) is 0. The molecule has 4 nitrogen and oxygen atoms in total. The molecule has 0 saturated heterocycles. The number of benzene rings is 7. The summed E-state index contributed by atoms with van der Waals surface area (Å²) in [5, 5.41) is 32.9. The number of para-hydroxylation sites is 2. The van der Waals surface area contributed by atoms with Gasteiger partial charge in [0.2, 0.25) is 0 Å². The van der Waals surface area contributed by atoms with Crippen molar-refractivity contribution in [1.82, 2.24) is 9.13 Å². The first-order valence-corrected chi connectivity index (χ1v) is 21.4. The molecule has 0 spiro atoms. The largest absolute Gasteiger partial charge is 0.308 e. The molecule has 4 heterocycles. The number of thiophene rings is 2. The third-order valence-electron chi connectivity index (χ3n) is 12.0. The molecule has 0 aliphatic heterocycles. The van der Waals surface area contributed by atoms with E-state index in [0.29, 0.717) is 16.8 Å². The van der Waals surface area contributed by atoms with Gasteiger partial charge in [0.15, 0.2) is 0 Å². The van der Waals surface area contributed by atoms with Crippen LogP contribution in [0.2, 0.25) is 0 Å². The molecule has 0 amide bonds. The van der Waals surface area contributed by atoms with Crippen molar-refractivity contribution in [3.8, 4) is 23.5 Å². The lowest BCUT2D eigenvalue weighted by Crippen LogP contribution is -2.27. The van der Waals surface area contributed by atoms with E-state index in [0.717, 1.165) is 55.0 Å². The smallest absolute Gasteiger partial charge is 0.102 e. The summed E-state index contributed by atoms with van der Waals surface area (Å²) in [6.07, 6.45) is 0. The van der Waals surface area contributed by atoms with E-state index in [1.807, 2.05) is 22.7 Å². The van der Waals surface area contributed by atoms with Crippen molar-refractivity contribution >= 4 is 107 Å². The fourth-order valence-electron chi connectivity index (χ4n) is 9.80. The van der Waals surface area contributed by atoms with Gasteiger partial charge in [0.1, 0.15) is 12.1 Å². The summed E-state index contributed by atoms with van der Waals surface area (Å²) < 4.78 is 9.58. The molecule has 11 rings (SSSR count). The SMILES string of the molecule is CC(C)(C)c1c(C#N)c(-n2c3ccccc3c3c4sc5ccccc5c4ccc32)c(C#N)c(C(C)(C)C)c1-n1c2ccccc2c2c3sc4ccccc4c3ccc21. The molecule has 0 aliphatic rings. The topological polar surface area (TPSA) is 57.4 Å². The maximum absolute atomic E-state index is 11.7. The molecular formula is C52H38N4S2. The lowest BCUT2D eigenvalue weighted by Gasteiger charge is -2.34. The first kappa shape index (κ1) is 34.8. The molecule has 278 valence electrons. The summed E-state index contributed by atoms with van der Waals surface area (Å²) in [7, 11) is 0. The molecule has 0 aliphatic carbocycles. The standard InChI is InChI=1S/C52H38N4S2/c1-51(2,3)45-35(27-53)47(55-37-19-11-7-17-33(37)43-39(55)25-23-31-29-15-9-13-21-41(29)57-49(31)43)36(28-54)46(52(4,5)6)48(45)56-38-20-12-8-18-34(38)44-40(56)26-24-32-30-16-10-14-22-42(30)58-50(32)44/h7-26H,1-6H3. The number of rotatable bonds is 2. The molecule has 0 saturated carbocycles. The third-order valence-corrected chi connectivity index (χ3v) is 14.4. The Morgan fingerprint density at radius 1 is 0.414 bits per heavy atom. The Bertz CT molecular complexity index is 3620. The van der Waals surface area contributed by atoms with Crippen molar-refractivity contribution in [3.05, 3.63) is 144 Å². The number of nitrogens with zero attached hydrogens (tertiary/aromatic N) is 4. The van der Waals surface area contributed by atoms with Crippen LogP contribution < -0.4 is 0 Å². The third kappa shape index (κ3) is 4.59. The zero-order chi connectivity index (χ0) is 39.8. The van der Waals surface area contributed by atoms with Crippen LogP contribution in [-0.4, -0.2) is 9.13 Å². The van der Waals surface area contributed by atoms with Crippen LogP contribution in [0, 0.1) is 22.7 Å². The first-order chi connectivity index (χ1) is 28.0. The Kier molecular flexibility index (Phi) is 7.22. The summed E-state index contributed by atoms with van der Waals surface area (Å²) in [5.74, 6) is 0. The van der Waals surface area contributed by atoms with E-state index < -0.39 is 10.8 Å². The van der Waals surface area contributed by atoms with Gasteiger partial charge in [-0.15, -0.1) is 22.7 Å². The maximum atomic E-state index is 11.7. The quantitative estimate of drug-likeness (QED) is 0.175. The van der Waals surface area contributed by atoms with Crippen molar-refractivity contribution in [2.24, 2.45) is 0 Å². The minimum atomic E-state index is -0.500. The van der Waals surface area contributed by atoms with Gasteiger partial charge in [0, 0.05) is 73.0 Å². The van der Waals surface area contributed by atoms with E-state index in [1.165, 1.54) is 45.7 Å². The van der Waals surface area contributed by atoms with Gasteiger partial charge in [-0.1, -0.05) is 126 Å². The fraction of sp³-hybridized carbons (Fsp3) is 0.154. The van der Waals surface area contributed by atoms with Crippen LogP contribution in [-0.2, 0) is 10.8 Å². The van der Waals surface area contributed by atoms with Crippen LogP contribution in [0.1, 0.15) is 63.8 Å². The van der Waals surface area contributed by atoms with Crippen LogP contribution in [0.15, 0.2) is 121 Å². The highest BCUT2D eigenvalue weighted by Crippen LogP contribution is 2.51. The predicted octanol–water partition coefficient (Wildman–Crippen LogP) is 15.0. The zero-order valence-corrected chi connectivity index (χ0v) is 34.8. The molecule has 6 heteroatoms. The van der Waals surface area contributed by atoms with Crippen LogP contribution in [0.3, 0.4) is 0 Å². The van der Waals surface area contributed by atoms with Crippen molar-refractivity contribution < 1.29 is 0 Å². The Morgan fingerprint density at radius 2 is 0.793 bits per heavy atom. The van der Waals surface area contributed by atoms with Gasteiger partial charge in [0.25, 0.3) is 0 Å². The molecule has 0 radical (unpaired) electrons. The second-order valence-corrected chi connectivity index (χ2v) is 19.6. The molecule has 0 atom stereocenters. The van der Waals surface area contributed by atoms with Crippen LogP contribution in [0.4, 0.5) is 0 Å². The number of nitriles is 2. The van der Waals surface area contributed by atoms with Crippen molar-refractivity contribution in [3.63, 3.8) is 0 Å². The highest BCUT2D eigenvalue weighted by Gasteiger charge is 2.38. The van der Waals surface area contributed by atoms with Crippen molar-refractivity contribution in [1.29, 1.82) is 10.5 Å². The Morgan fingerprint density at radius 3 is 1.21 bits per heavy atom. The molecule has 11 aromatic rings. The zero-order valence-electron chi connectivity index (χ0n) is 33.2. The number of aromatic nitrogens is 2. The number of hydrogen-bond acceptors (Lipinski definition) is 4. The predicted molar refractivity (Wildman–Crippen MR) is 248 cm³/mol. The van der Waals surface area contributed by atoms with E-state index >= 15 is 0 Å². The van der Waals surface area contributed by atoms with Crippen LogP contribution in [0.25, 0.3) is 95.3 Å². The highest BCUT2D eigenvalue weighted by atomic mass is 32.1. The maximum Gasteiger partial charge on any atom is 0.102 e. The summed E-state index contributed by atoms with van der Waals surface area (Å²) in [6, 6.07) is 48.8. The van der Waals surface area contributed by atoms with E-state index in [-0.39, 0.29) is 0 Å². The second-order valence-electron chi connectivity index (χ2n) is 17.5. The Hall–Kier alpha value is -6.44. The summed E-state index contributed by atoms with van der Waals surface area (Å²) in [6.45, 7) is 13.2. The van der Waals surface area contributed by atoms with Crippen molar-refractivity contribution in [2.45, 2.75) is 52.4 Å². The van der Waals surface area contributed by atoms with Gasteiger partial charge < -0.3 is 9.13 Å². The number of fused-ring (bicyclic) bond motifs is 14. The normalized spacial score (nSPS) is 12.6. The molecule has 0 bridgehead atoms. The molecule has 58 heavy (non-hydrogen) atoms. The minimum Gasteiger partial charge on any atom is -0.308 e. The lowest BCUT2D eigenvalue weighted by molar-refractivity contribution is 0.561. The van der Waals surface area contributed by atoms with E-state index in [2.05, 4.69) is 184 Å². The van der Waals surface area contributed by atoms with Gasteiger partial charge >= 0.3 is 0 Å². The minimum absolute atomic E-state index is 0.500. The number of hydrogen-bond donors (Lipinski definition) is 0. The summed E-state index contributed by atoms with van der Waals surface area (Å²) in [5.41, 5.74) is 7.60. The van der Waals surface area contributed by atoms with E-state index in [4.69, 9.17) is 0 Å². The monoisotopic (exact) mass is 782 g/mol. The van der Waals surface area contributed by atoms with Gasteiger partial charge in [-0.3, -0.25) is 0 Å². The molecule has 0 unspecified atom stereocenters. The Balaban J connectivity index is 1.36. The van der Waals surface area contributed by atoms with Gasteiger partial charge in [-0.05, 0) is 47.2 Å². The van der Waals surface area contributed by atoms with Gasteiger partial charge in [-0.2, -0.15) is 10.5 Å². The van der Waals surface area contributed by atoms with E-state index in [9.17, 15) is 10.5 Å². The highest BCUT2D eigenvalue weighted by molar-refractivity contribution is 7.27. The fourth-order valence-corrected chi connectivity index (χ4v) is 12.3. The van der Waals surface area contributed by atoms with Gasteiger partial charge in [0.05, 0.1) is 44.6 Å². The Labute approximate surface area is 344 Å². The molecule has 7 aromatic carbocycles. The van der Waals surface area contributed by atoms with Crippen molar-refractivity contribution in [2.75, 3.05) is 0 Å². The molecular weight excluding hydrogens is 745 g/mol. The lowest BCUT2D eigenvalue weighted by atomic mass is 9.73. The average molecular weight is 783 g/mol. The van der Waals surface area contributed by atoms with Crippen LogP contribution in [0.5, 0.6) is 0 Å². The van der Waals surface area contributed by atoms with Crippen LogP contribution >= 0.6 is 22.7 Å².